The Morgan fingerprint density at radius 3 is 3.00 bits per heavy atom. The number of nitrogens with two attached hydrogens (primary N) is 1. The summed E-state index contributed by atoms with van der Waals surface area (Å²) in [5, 5.41) is 11.8. The van der Waals surface area contributed by atoms with Gasteiger partial charge in [0.05, 0.1) is 7.11 Å². The lowest BCUT2D eigenvalue weighted by molar-refractivity contribution is 0.296. The number of methoxy groups -OCH3 is 1. The molecule has 0 saturated heterocycles. The molecule has 1 aromatic heterocycles. The van der Waals surface area contributed by atoms with Crippen LogP contribution in [0.1, 0.15) is 6.42 Å². The van der Waals surface area contributed by atoms with Crippen molar-refractivity contribution < 1.29 is 9.84 Å². The second-order valence-electron chi connectivity index (χ2n) is 3.27. The third-order valence-electron chi connectivity index (χ3n) is 1.93. The molecule has 0 aromatic carbocycles. The van der Waals surface area contributed by atoms with Gasteiger partial charge >= 0.3 is 0 Å². The Bertz CT molecular complexity index is 338. The number of ether oxygens (including phenoxy) is 1. The first-order valence-electron chi connectivity index (χ1n) is 5.37. The maximum Gasteiger partial charge on any atom is 0.225 e. The number of aliphatic hydroxyl groups excluding tert-OH is 1. The molecule has 1 heterocycles. The molecule has 0 aliphatic carbocycles. The van der Waals surface area contributed by atoms with E-state index in [0.717, 1.165) is 24.5 Å². The van der Waals surface area contributed by atoms with E-state index in [1.54, 1.807) is 17.8 Å². The maximum absolute atomic E-state index is 8.62. The minimum absolute atomic E-state index is 0.194. The Labute approximate surface area is 105 Å². The van der Waals surface area contributed by atoms with Gasteiger partial charge in [0, 0.05) is 25.0 Å². The normalized spacial score (nSPS) is 10.2. The average molecular weight is 258 g/mol. The van der Waals surface area contributed by atoms with Gasteiger partial charge in [0.25, 0.3) is 0 Å². The highest BCUT2D eigenvalue weighted by atomic mass is 32.2. The summed E-state index contributed by atoms with van der Waals surface area (Å²) in [6.45, 7) is 1.04. The standard InChI is InChI=1S/C10H18N4O2S/c1-16-9-7-8(13-10(11)14-9)12-3-6-17-5-2-4-15/h7,15H,2-6H2,1H3,(H3,11,12,13,14). The Morgan fingerprint density at radius 1 is 1.47 bits per heavy atom. The summed E-state index contributed by atoms with van der Waals surface area (Å²) in [4.78, 5) is 7.93. The highest BCUT2D eigenvalue weighted by molar-refractivity contribution is 7.99. The SMILES string of the molecule is COc1cc(NCCSCCCO)nc(N)n1. The molecule has 4 N–H and O–H groups in total. The van der Waals surface area contributed by atoms with Crippen molar-refractivity contribution in [3.8, 4) is 5.88 Å². The van der Waals surface area contributed by atoms with Crippen molar-refractivity contribution in [1.29, 1.82) is 0 Å². The largest absolute Gasteiger partial charge is 0.481 e. The minimum atomic E-state index is 0.194. The first-order valence-corrected chi connectivity index (χ1v) is 6.52. The molecule has 0 saturated carbocycles. The molecule has 7 heteroatoms. The number of hydrogen-bond acceptors (Lipinski definition) is 7. The Kier molecular flexibility index (Phi) is 6.49. The van der Waals surface area contributed by atoms with Gasteiger partial charge in [-0.1, -0.05) is 0 Å². The fourth-order valence-electron chi connectivity index (χ4n) is 1.16. The fourth-order valence-corrected chi connectivity index (χ4v) is 1.94. The van der Waals surface area contributed by atoms with Crippen molar-refractivity contribution in [2.75, 3.05) is 42.8 Å². The summed E-state index contributed by atoms with van der Waals surface area (Å²) >= 11 is 1.78. The van der Waals surface area contributed by atoms with Crippen molar-refractivity contribution in [3.05, 3.63) is 6.07 Å². The number of thioether (sulfide) groups is 1. The first-order chi connectivity index (χ1) is 8.26. The van der Waals surface area contributed by atoms with E-state index in [9.17, 15) is 0 Å². The highest BCUT2D eigenvalue weighted by Gasteiger charge is 2.01. The van der Waals surface area contributed by atoms with Crippen molar-refractivity contribution in [3.63, 3.8) is 0 Å². The molecule has 1 aromatic rings. The van der Waals surface area contributed by atoms with E-state index in [0.29, 0.717) is 11.7 Å². The van der Waals surface area contributed by atoms with E-state index in [1.807, 2.05) is 0 Å². The van der Waals surface area contributed by atoms with Gasteiger partial charge in [-0.15, -0.1) is 0 Å². The third kappa shape index (κ3) is 5.60. The van der Waals surface area contributed by atoms with E-state index in [2.05, 4.69) is 15.3 Å². The van der Waals surface area contributed by atoms with Gasteiger partial charge < -0.3 is 20.9 Å². The number of aliphatic hydroxyl groups is 1. The Balaban J connectivity index is 2.28. The predicted octanol–water partition coefficient (Wildman–Crippen LogP) is 0.595. The van der Waals surface area contributed by atoms with Crippen LogP contribution >= 0.6 is 11.8 Å². The van der Waals surface area contributed by atoms with Crippen LogP contribution in [0.25, 0.3) is 0 Å². The van der Waals surface area contributed by atoms with Crippen molar-refractivity contribution >= 4 is 23.5 Å². The second kappa shape index (κ2) is 7.97. The van der Waals surface area contributed by atoms with Crippen LogP contribution in [0.2, 0.25) is 0 Å². The first kappa shape index (κ1) is 13.9. The molecule has 0 spiro atoms. The molecule has 0 atom stereocenters. The van der Waals surface area contributed by atoms with Crippen LogP contribution < -0.4 is 15.8 Å². The summed E-state index contributed by atoms with van der Waals surface area (Å²) in [6.07, 6.45) is 0.832. The molecule has 0 fully saturated rings. The summed E-state index contributed by atoms with van der Waals surface area (Å²) in [5.41, 5.74) is 5.53. The Hall–Kier alpha value is -1.21. The van der Waals surface area contributed by atoms with Crippen molar-refractivity contribution in [2.24, 2.45) is 0 Å². The van der Waals surface area contributed by atoms with E-state index in [-0.39, 0.29) is 12.6 Å². The molecule has 17 heavy (non-hydrogen) atoms. The number of nitrogens with zero attached hydrogens (tertiary/aromatic N) is 2. The van der Waals surface area contributed by atoms with Gasteiger partial charge in [-0.05, 0) is 12.2 Å². The molecule has 0 amide bonds. The van der Waals surface area contributed by atoms with Crippen molar-refractivity contribution in [2.45, 2.75) is 6.42 Å². The van der Waals surface area contributed by atoms with Crippen LogP contribution in [0.15, 0.2) is 6.07 Å². The minimum Gasteiger partial charge on any atom is -0.481 e. The number of anilines is 2. The molecule has 6 nitrogen and oxygen atoms in total. The van der Waals surface area contributed by atoms with Gasteiger partial charge in [-0.25, -0.2) is 0 Å². The van der Waals surface area contributed by atoms with Crippen LogP contribution in [-0.4, -0.2) is 46.8 Å². The van der Waals surface area contributed by atoms with Crippen LogP contribution in [0.4, 0.5) is 11.8 Å². The van der Waals surface area contributed by atoms with Crippen LogP contribution in [-0.2, 0) is 0 Å². The van der Waals surface area contributed by atoms with Gasteiger partial charge in [0.1, 0.15) is 5.82 Å². The quantitative estimate of drug-likeness (QED) is 0.588. The van der Waals surface area contributed by atoms with Crippen LogP contribution in [0.3, 0.4) is 0 Å². The van der Waals surface area contributed by atoms with Gasteiger partial charge in [0.2, 0.25) is 11.8 Å². The van der Waals surface area contributed by atoms with Gasteiger partial charge in [0.15, 0.2) is 0 Å². The zero-order valence-electron chi connectivity index (χ0n) is 9.85. The van der Waals surface area contributed by atoms with Gasteiger partial charge in [-0.3, -0.25) is 0 Å². The summed E-state index contributed by atoms with van der Waals surface area (Å²) in [5.74, 6) is 3.23. The molecule has 0 radical (unpaired) electrons. The average Bonchev–Trinajstić information content (AvgIpc) is 2.33. The molecule has 0 aliphatic rings. The van der Waals surface area contributed by atoms with Gasteiger partial charge in [-0.2, -0.15) is 21.7 Å². The van der Waals surface area contributed by atoms with Crippen molar-refractivity contribution in [1.82, 2.24) is 9.97 Å². The van der Waals surface area contributed by atoms with Crippen LogP contribution in [0.5, 0.6) is 5.88 Å². The summed E-state index contributed by atoms with van der Waals surface area (Å²) in [7, 11) is 1.54. The van der Waals surface area contributed by atoms with E-state index >= 15 is 0 Å². The van der Waals surface area contributed by atoms with E-state index in [1.165, 1.54) is 7.11 Å². The second-order valence-corrected chi connectivity index (χ2v) is 4.49. The molecular weight excluding hydrogens is 240 g/mol. The fraction of sp³-hybridized carbons (Fsp3) is 0.600. The van der Waals surface area contributed by atoms with E-state index < -0.39 is 0 Å². The predicted molar refractivity (Wildman–Crippen MR) is 70.5 cm³/mol. The molecule has 0 unspecified atom stereocenters. The molecular formula is C10H18N4O2S. The zero-order valence-corrected chi connectivity index (χ0v) is 10.7. The zero-order chi connectivity index (χ0) is 12.5. The smallest absolute Gasteiger partial charge is 0.225 e. The molecule has 0 bridgehead atoms. The molecule has 0 aliphatic heterocycles. The molecule has 96 valence electrons. The van der Waals surface area contributed by atoms with E-state index in [4.69, 9.17) is 15.6 Å². The molecule has 1 rings (SSSR count). The maximum atomic E-state index is 8.62. The monoisotopic (exact) mass is 258 g/mol. The number of rotatable bonds is 8. The third-order valence-corrected chi connectivity index (χ3v) is 3.00. The lowest BCUT2D eigenvalue weighted by Crippen LogP contribution is -2.08. The number of hydrogen-bond donors (Lipinski definition) is 3. The Morgan fingerprint density at radius 2 is 2.29 bits per heavy atom. The lowest BCUT2D eigenvalue weighted by atomic mass is 10.5. The summed E-state index contributed by atoms with van der Waals surface area (Å²) in [6, 6.07) is 1.70. The topological polar surface area (TPSA) is 93.3 Å². The van der Waals surface area contributed by atoms with Crippen LogP contribution in [0, 0.1) is 0 Å². The highest BCUT2D eigenvalue weighted by Crippen LogP contribution is 2.14. The number of nitrogen functional groups attached to an aromatic ring is 1. The summed E-state index contributed by atoms with van der Waals surface area (Å²) < 4.78 is 4.99. The number of aromatic nitrogens is 2. The number of nitrogens with one attached hydrogen (secondary N) is 1. The lowest BCUT2D eigenvalue weighted by Gasteiger charge is -2.07.